The van der Waals surface area contributed by atoms with Gasteiger partial charge in [0, 0.05) is 28.0 Å². The molecular formula is C9H10BrN2O-. The van der Waals surface area contributed by atoms with Gasteiger partial charge in [0.1, 0.15) is 0 Å². The van der Waals surface area contributed by atoms with Gasteiger partial charge in [-0.3, -0.25) is 0 Å². The van der Waals surface area contributed by atoms with Crippen LogP contribution in [0.1, 0.15) is 5.56 Å². The fraction of sp³-hybridized carbons (Fsp3) is 0.333. The molecule has 2 rings (SSSR count). The molecule has 0 aromatic heterocycles. The van der Waals surface area contributed by atoms with Gasteiger partial charge >= 0.3 is 0 Å². The maximum Gasteiger partial charge on any atom is 0.0455 e. The lowest BCUT2D eigenvalue weighted by Crippen LogP contribution is -2.09. The van der Waals surface area contributed by atoms with Crippen molar-refractivity contribution in [2.75, 3.05) is 24.0 Å². The topological polar surface area (TPSA) is 38.3 Å². The minimum atomic E-state index is 0.752. The van der Waals surface area contributed by atoms with Crippen LogP contribution in [0.15, 0.2) is 16.6 Å². The molecule has 0 atom stereocenters. The van der Waals surface area contributed by atoms with Crippen LogP contribution in [0.5, 0.6) is 0 Å². The Hall–Kier alpha value is -0.740. The molecule has 0 aliphatic carbocycles. The summed E-state index contributed by atoms with van der Waals surface area (Å²) in [5.74, 6) is 0. The van der Waals surface area contributed by atoms with E-state index in [9.17, 15) is 5.21 Å². The monoisotopic (exact) mass is 241 g/mol. The van der Waals surface area contributed by atoms with Gasteiger partial charge < -0.3 is 15.6 Å². The molecule has 1 N–H and O–H groups in total. The fourth-order valence-electron chi connectivity index (χ4n) is 1.69. The van der Waals surface area contributed by atoms with Crippen molar-refractivity contribution in [2.45, 2.75) is 6.42 Å². The Kier molecular flexibility index (Phi) is 2.17. The van der Waals surface area contributed by atoms with E-state index >= 15 is 0 Å². The van der Waals surface area contributed by atoms with Crippen molar-refractivity contribution >= 4 is 27.3 Å². The molecule has 3 nitrogen and oxygen atoms in total. The van der Waals surface area contributed by atoms with Gasteiger partial charge in [-0.05, 0) is 41.5 Å². The number of nitrogens with zero attached hydrogens (tertiary/aromatic N) is 1. The number of rotatable bonds is 1. The van der Waals surface area contributed by atoms with Gasteiger partial charge in [0.15, 0.2) is 0 Å². The maximum atomic E-state index is 11.3. The first-order valence-corrected chi connectivity index (χ1v) is 4.95. The smallest absolute Gasteiger partial charge is 0.0455 e. The quantitative estimate of drug-likeness (QED) is 0.768. The van der Waals surface area contributed by atoms with Crippen molar-refractivity contribution in [3.05, 3.63) is 27.4 Å². The second kappa shape index (κ2) is 3.20. The Bertz CT molecular complexity index is 339. The third kappa shape index (κ3) is 1.40. The summed E-state index contributed by atoms with van der Waals surface area (Å²) in [5, 5.41) is 15.4. The van der Waals surface area contributed by atoms with Crippen molar-refractivity contribution in [3.8, 4) is 0 Å². The number of hydrogen-bond donors (Lipinski definition) is 1. The van der Waals surface area contributed by atoms with E-state index in [0.29, 0.717) is 0 Å². The predicted molar refractivity (Wildman–Crippen MR) is 58.1 cm³/mol. The number of fused-ring (bicyclic) bond motifs is 1. The first-order chi connectivity index (χ1) is 6.20. The highest BCUT2D eigenvalue weighted by atomic mass is 79.9. The highest BCUT2D eigenvalue weighted by Crippen LogP contribution is 2.37. The second-order valence-corrected chi connectivity index (χ2v) is 3.95. The molecule has 1 aliphatic rings. The fourth-order valence-corrected chi connectivity index (χ4v) is 2.31. The van der Waals surface area contributed by atoms with Crippen molar-refractivity contribution in [1.29, 1.82) is 0 Å². The molecule has 0 unspecified atom stereocenters. The molecule has 4 heteroatoms. The number of hydroxylamine groups is 1. The van der Waals surface area contributed by atoms with Crippen LogP contribution in [0, 0.1) is 5.21 Å². The van der Waals surface area contributed by atoms with Crippen molar-refractivity contribution < 1.29 is 0 Å². The van der Waals surface area contributed by atoms with Crippen molar-refractivity contribution in [3.63, 3.8) is 0 Å². The maximum absolute atomic E-state index is 11.3. The average molecular weight is 242 g/mol. The van der Waals surface area contributed by atoms with Crippen LogP contribution in [-0.4, -0.2) is 13.6 Å². The van der Waals surface area contributed by atoms with E-state index in [-0.39, 0.29) is 0 Å². The summed E-state index contributed by atoms with van der Waals surface area (Å²) < 4.78 is 0.868. The van der Waals surface area contributed by atoms with Gasteiger partial charge in [0.25, 0.3) is 0 Å². The third-order valence-corrected chi connectivity index (χ3v) is 2.88. The van der Waals surface area contributed by atoms with Gasteiger partial charge in [-0.15, -0.1) is 0 Å². The highest BCUT2D eigenvalue weighted by molar-refractivity contribution is 9.10. The number of halogens is 1. The number of benzene rings is 1. The van der Waals surface area contributed by atoms with E-state index in [4.69, 9.17) is 0 Å². The normalized spacial score (nSPS) is 13.8. The van der Waals surface area contributed by atoms with Gasteiger partial charge in [-0.25, -0.2) is 0 Å². The van der Waals surface area contributed by atoms with E-state index < -0.39 is 0 Å². The Morgan fingerprint density at radius 1 is 1.54 bits per heavy atom. The Morgan fingerprint density at radius 2 is 2.31 bits per heavy atom. The van der Waals surface area contributed by atoms with Gasteiger partial charge in [0.2, 0.25) is 0 Å². The predicted octanol–water partition coefficient (Wildman–Crippen LogP) is 2.35. The standard InChI is InChI=1S/C9H10BrN2O/c1-12(13)9-6-4-5-11-8(6)3-2-7(9)10/h2-3,11H,4-5H2,1H3/q-1. The average Bonchev–Trinajstić information content (AvgIpc) is 2.50. The number of anilines is 2. The summed E-state index contributed by atoms with van der Waals surface area (Å²) in [6.07, 6.45) is 0.927. The summed E-state index contributed by atoms with van der Waals surface area (Å²) in [6.45, 7) is 0.923. The first kappa shape index (κ1) is 8.84. The number of hydrogen-bond acceptors (Lipinski definition) is 3. The molecular weight excluding hydrogens is 232 g/mol. The summed E-state index contributed by atoms with van der Waals surface area (Å²) in [7, 11) is 1.53. The third-order valence-electron chi connectivity index (χ3n) is 2.24. The zero-order valence-corrected chi connectivity index (χ0v) is 8.89. The van der Waals surface area contributed by atoms with Crippen molar-refractivity contribution in [1.82, 2.24) is 0 Å². The summed E-state index contributed by atoms with van der Waals surface area (Å²) in [4.78, 5) is 0. The van der Waals surface area contributed by atoms with Crippen LogP contribution >= 0.6 is 15.9 Å². The van der Waals surface area contributed by atoms with Crippen molar-refractivity contribution in [2.24, 2.45) is 0 Å². The largest absolute Gasteiger partial charge is 0.758 e. The SMILES string of the molecule is CN([O-])c1c(Br)ccc2c1CCN2. The molecule has 0 fully saturated rings. The van der Waals surface area contributed by atoms with E-state index in [1.165, 1.54) is 7.05 Å². The summed E-state index contributed by atoms with van der Waals surface area (Å²) in [6, 6.07) is 3.90. The zero-order chi connectivity index (χ0) is 9.42. The lowest BCUT2D eigenvalue weighted by molar-refractivity contribution is 1.08. The Labute approximate surface area is 85.4 Å². The van der Waals surface area contributed by atoms with Crippen LogP contribution in [0.2, 0.25) is 0 Å². The summed E-state index contributed by atoms with van der Waals surface area (Å²) >= 11 is 3.38. The molecule has 0 radical (unpaired) electrons. The van der Waals surface area contributed by atoms with Gasteiger partial charge in [-0.1, -0.05) is 0 Å². The number of nitrogens with one attached hydrogen (secondary N) is 1. The molecule has 0 amide bonds. The second-order valence-electron chi connectivity index (χ2n) is 3.10. The van der Waals surface area contributed by atoms with Crippen LogP contribution in [0.25, 0.3) is 0 Å². The van der Waals surface area contributed by atoms with Gasteiger partial charge in [-0.2, -0.15) is 0 Å². The van der Waals surface area contributed by atoms with Gasteiger partial charge in [0.05, 0.1) is 0 Å². The van der Waals surface area contributed by atoms with Crippen LogP contribution in [0.4, 0.5) is 11.4 Å². The molecule has 1 aromatic rings. The van der Waals surface area contributed by atoms with Crippen LogP contribution < -0.4 is 10.4 Å². The molecule has 70 valence electrons. The highest BCUT2D eigenvalue weighted by Gasteiger charge is 2.16. The molecule has 1 aliphatic heterocycles. The van der Waals surface area contributed by atoms with E-state index in [0.717, 1.165) is 39.4 Å². The Balaban J connectivity index is 2.58. The van der Waals surface area contributed by atoms with E-state index in [1.54, 1.807) is 0 Å². The zero-order valence-electron chi connectivity index (χ0n) is 7.30. The molecule has 1 aromatic carbocycles. The minimum absolute atomic E-state index is 0.752. The molecule has 0 saturated heterocycles. The lowest BCUT2D eigenvalue weighted by atomic mass is 10.1. The first-order valence-electron chi connectivity index (χ1n) is 4.16. The molecule has 0 bridgehead atoms. The van der Waals surface area contributed by atoms with E-state index in [2.05, 4.69) is 21.2 Å². The molecule has 0 spiro atoms. The molecule has 0 saturated carbocycles. The molecule has 1 heterocycles. The minimum Gasteiger partial charge on any atom is -0.758 e. The van der Waals surface area contributed by atoms with E-state index in [1.807, 2.05) is 12.1 Å². The van der Waals surface area contributed by atoms with Crippen LogP contribution in [0.3, 0.4) is 0 Å². The summed E-state index contributed by atoms with van der Waals surface area (Å²) in [5.41, 5.74) is 2.95. The lowest BCUT2D eigenvalue weighted by Gasteiger charge is -2.28. The molecule has 13 heavy (non-hydrogen) atoms. The Morgan fingerprint density at radius 3 is 3.00 bits per heavy atom. The van der Waals surface area contributed by atoms with Crippen LogP contribution in [-0.2, 0) is 6.42 Å².